The molecule has 0 unspecified atom stereocenters. The average molecular weight is 338 g/mol. The topological polar surface area (TPSA) is 89.2 Å². The quantitative estimate of drug-likeness (QED) is 0.563. The average Bonchev–Trinajstić information content (AvgIpc) is 2.99. The van der Waals surface area contributed by atoms with Crippen molar-refractivity contribution in [1.82, 2.24) is 9.55 Å². The predicted molar refractivity (Wildman–Crippen MR) is 95.3 cm³/mol. The lowest BCUT2D eigenvalue weighted by molar-refractivity contribution is 0.186. The number of carbonyl (C=O) groups excluding carboxylic acids is 1. The van der Waals surface area contributed by atoms with E-state index in [2.05, 4.69) is 15.0 Å². The van der Waals surface area contributed by atoms with Gasteiger partial charge in [0.2, 0.25) is 5.95 Å². The molecule has 2 N–H and O–H groups in total. The highest BCUT2D eigenvalue weighted by molar-refractivity contribution is 5.95. The van der Waals surface area contributed by atoms with Crippen molar-refractivity contribution in [2.75, 3.05) is 12.4 Å². The van der Waals surface area contributed by atoms with Crippen LogP contribution in [0.4, 0.5) is 10.7 Å². The molecule has 1 heterocycles. The van der Waals surface area contributed by atoms with Gasteiger partial charge in [0.1, 0.15) is 5.75 Å². The number of hydrogen-bond acceptors (Lipinski definition) is 5. The summed E-state index contributed by atoms with van der Waals surface area (Å²) >= 11 is 0. The molecule has 7 heteroatoms. The minimum Gasteiger partial charge on any atom is -0.453 e. The summed E-state index contributed by atoms with van der Waals surface area (Å²) in [6, 6.07) is 14.6. The van der Waals surface area contributed by atoms with E-state index < -0.39 is 6.09 Å². The number of aromatic nitrogens is 2. The fourth-order valence-corrected chi connectivity index (χ4v) is 2.50. The third-order valence-electron chi connectivity index (χ3n) is 3.72. The minimum atomic E-state index is -0.668. The van der Waals surface area contributed by atoms with Crippen LogP contribution in [0.2, 0.25) is 0 Å². The molecule has 2 aromatic carbocycles. The molecule has 3 aromatic rings. The number of rotatable bonds is 3. The van der Waals surface area contributed by atoms with Crippen molar-refractivity contribution in [1.29, 1.82) is 5.41 Å². The first-order chi connectivity index (χ1) is 12.1. The molecule has 1 aromatic heterocycles. The summed E-state index contributed by atoms with van der Waals surface area (Å²) in [5.74, 6) is 0.754. The SMILES string of the molecule is CCc1ccccc1OC(=N)n1c(NC(=O)OC)nc2ccccc21. The van der Waals surface area contributed by atoms with Crippen LogP contribution in [0.5, 0.6) is 5.75 Å². The van der Waals surface area contributed by atoms with Crippen LogP contribution in [0.25, 0.3) is 11.0 Å². The van der Waals surface area contributed by atoms with Gasteiger partial charge >= 0.3 is 12.1 Å². The molecule has 0 aliphatic rings. The Morgan fingerprint density at radius 1 is 1.20 bits per heavy atom. The van der Waals surface area contributed by atoms with Gasteiger partial charge in [-0.25, -0.2) is 14.3 Å². The van der Waals surface area contributed by atoms with Crippen LogP contribution in [0.15, 0.2) is 48.5 Å². The number of para-hydroxylation sites is 3. The highest BCUT2D eigenvalue weighted by atomic mass is 16.5. The van der Waals surface area contributed by atoms with Crippen molar-refractivity contribution < 1.29 is 14.3 Å². The number of nitrogens with zero attached hydrogens (tertiary/aromatic N) is 2. The van der Waals surface area contributed by atoms with Gasteiger partial charge in [0.15, 0.2) is 0 Å². The van der Waals surface area contributed by atoms with E-state index in [1.165, 1.54) is 11.7 Å². The number of aryl methyl sites for hydroxylation is 1. The van der Waals surface area contributed by atoms with Crippen LogP contribution in [-0.2, 0) is 11.2 Å². The molecule has 0 atom stereocenters. The Bertz CT molecular complexity index is 933. The molecule has 0 saturated heterocycles. The molecule has 7 nitrogen and oxygen atoms in total. The van der Waals surface area contributed by atoms with Crippen LogP contribution in [0.3, 0.4) is 0 Å². The number of fused-ring (bicyclic) bond motifs is 1. The van der Waals surface area contributed by atoms with Gasteiger partial charge in [-0.15, -0.1) is 0 Å². The van der Waals surface area contributed by atoms with E-state index in [9.17, 15) is 4.79 Å². The number of amides is 1. The zero-order valence-corrected chi connectivity index (χ0v) is 13.9. The Morgan fingerprint density at radius 2 is 1.92 bits per heavy atom. The van der Waals surface area contributed by atoms with Gasteiger partial charge in [0.25, 0.3) is 0 Å². The molecule has 0 radical (unpaired) electrons. The van der Waals surface area contributed by atoms with Crippen molar-refractivity contribution in [2.24, 2.45) is 0 Å². The molecular formula is C18H18N4O3. The van der Waals surface area contributed by atoms with Crippen LogP contribution in [0, 0.1) is 5.41 Å². The molecule has 0 saturated carbocycles. The number of hydrogen-bond donors (Lipinski definition) is 2. The molecule has 0 bridgehead atoms. The fraction of sp³-hybridized carbons (Fsp3) is 0.167. The largest absolute Gasteiger partial charge is 0.453 e. The normalized spacial score (nSPS) is 10.5. The van der Waals surface area contributed by atoms with Gasteiger partial charge in [-0.3, -0.25) is 10.7 Å². The van der Waals surface area contributed by atoms with Gasteiger partial charge in [-0.1, -0.05) is 37.3 Å². The lowest BCUT2D eigenvalue weighted by atomic mass is 10.1. The summed E-state index contributed by atoms with van der Waals surface area (Å²) in [5, 5.41) is 10.9. The van der Waals surface area contributed by atoms with Gasteiger partial charge in [0.05, 0.1) is 18.1 Å². The Labute approximate surface area is 144 Å². The molecule has 0 aliphatic carbocycles. The highest BCUT2D eigenvalue weighted by Crippen LogP contribution is 2.23. The Balaban J connectivity index is 2.02. The van der Waals surface area contributed by atoms with Crippen molar-refractivity contribution in [3.63, 3.8) is 0 Å². The van der Waals surface area contributed by atoms with Crippen LogP contribution in [0.1, 0.15) is 12.5 Å². The maximum atomic E-state index is 11.6. The maximum absolute atomic E-state index is 11.6. The zero-order valence-electron chi connectivity index (χ0n) is 13.9. The number of imidazole rings is 1. The van der Waals surface area contributed by atoms with E-state index in [-0.39, 0.29) is 12.0 Å². The van der Waals surface area contributed by atoms with Crippen molar-refractivity contribution >= 4 is 29.1 Å². The summed E-state index contributed by atoms with van der Waals surface area (Å²) in [4.78, 5) is 15.9. The molecule has 0 aliphatic heterocycles. The Hall–Kier alpha value is -3.35. The Morgan fingerprint density at radius 3 is 2.68 bits per heavy atom. The summed E-state index contributed by atoms with van der Waals surface area (Å²) in [5.41, 5.74) is 2.26. The van der Waals surface area contributed by atoms with Crippen molar-refractivity contribution in [3.05, 3.63) is 54.1 Å². The first kappa shape index (κ1) is 16.5. The Kier molecular flexibility index (Phi) is 4.65. The number of anilines is 1. The summed E-state index contributed by atoms with van der Waals surface area (Å²) in [7, 11) is 1.27. The van der Waals surface area contributed by atoms with E-state index in [1.807, 2.05) is 37.3 Å². The van der Waals surface area contributed by atoms with E-state index in [4.69, 9.17) is 10.1 Å². The third-order valence-corrected chi connectivity index (χ3v) is 3.72. The van der Waals surface area contributed by atoms with Gasteiger partial charge < -0.3 is 9.47 Å². The fourth-order valence-electron chi connectivity index (χ4n) is 2.50. The highest BCUT2D eigenvalue weighted by Gasteiger charge is 2.18. The molecular weight excluding hydrogens is 320 g/mol. The standard InChI is InChI=1S/C18H18N4O3/c1-3-12-8-4-7-11-15(12)25-16(19)22-14-10-6-5-9-13(14)20-17(22)21-18(23)24-2/h4-11,19H,3H2,1-2H3,(H,20,21,23). The molecule has 0 spiro atoms. The number of methoxy groups -OCH3 is 1. The molecule has 1 amide bonds. The first-order valence-electron chi connectivity index (χ1n) is 7.81. The molecule has 0 fully saturated rings. The second-order valence-electron chi connectivity index (χ2n) is 5.24. The van der Waals surface area contributed by atoms with Crippen molar-refractivity contribution in [2.45, 2.75) is 13.3 Å². The number of ether oxygens (including phenoxy) is 2. The van der Waals surface area contributed by atoms with Gasteiger partial charge in [0, 0.05) is 0 Å². The van der Waals surface area contributed by atoms with Crippen LogP contribution < -0.4 is 10.1 Å². The van der Waals surface area contributed by atoms with Crippen LogP contribution in [-0.4, -0.2) is 28.8 Å². The summed E-state index contributed by atoms with van der Waals surface area (Å²) in [6.45, 7) is 2.02. The van der Waals surface area contributed by atoms with Gasteiger partial charge in [-0.05, 0) is 30.2 Å². The monoisotopic (exact) mass is 338 g/mol. The van der Waals surface area contributed by atoms with Crippen LogP contribution >= 0.6 is 0 Å². The molecule has 3 rings (SSSR count). The number of nitrogens with one attached hydrogen (secondary N) is 2. The number of benzene rings is 2. The second-order valence-corrected chi connectivity index (χ2v) is 5.24. The maximum Gasteiger partial charge on any atom is 0.413 e. The smallest absolute Gasteiger partial charge is 0.413 e. The summed E-state index contributed by atoms with van der Waals surface area (Å²) < 4.78 is 11.8. The van der Waals surface area contributed by atoms with E-state index in [0.717, 1.165) is 12.0 Å². The molecule has 128 valence electrons. The summed E-state index contributed by atoms with van der Waals surface area (Å²) in [6.07, 6.45) is 0.111. The van der Waals surface area contributed by atoms with E-state index >= 15 is 0 Å². The molecule has 25 heavy (non-hydrogen) atoms. The lowest BCUT2D eigenvalue weighted by Gasteiger charge is -2.13. The van der Waals surface area contributed by atoms with E-state index in [0.29, 0.717) is 16.8 Å². The van der Waals surface area contributed by atoms with Crippen molar-refractivity contribution in [3.8, 4) is 5.75 Å². The second kappa shape index (κ2) is 7.04. The predicted octanol–water partition coefficient (Wildman–Crippen LogP) is 3.64. The lowest BCUT2D eigenvalue weighted by Crippen LogP contribution is -2.23. The zero-order chi connectivity index (χ0) is 17.8. The van der Waals surface area contributed by atoms with E-state index in [1.54, 1.807) is 18.2 Å². The minimum absolute atomic E-state index is 0.159. The number of carbonyl (C=O) groups is 1. The first-order valence-corrected chi connectivity index (χ1v) is 7.81. The van der Waals surface area contributed by atoms with Gasteiger partial charge in [-0.2, -0.15) is 0 Å². The third kappa shape index (κ3) is 3.30.